The second-order valence-corrected chi connectivity index (χ2v) is 1.48. The number of hydrogen-bond acceptors (Lipinski definition) is 2. The Morgan fingerprint density at radius 1 is 1.57 bits per heavy atom. The lowest BCUT2D eigenvalue weighted by Gasteiger charge is -2.05. The first kappa shape index (κ1) is 6.92. The molecule has 0 aliphatic rings. The summed E-state index contributed by atoms with van der Waals surface area (Å²) in [6.07, 6.45) is 0.485. The van der Waals surface area contributed by atoms with Gasteiger partial charge >= 0.3 is 0 Å². The van der Waals surface area contributed by atoms with Crippen molar-refractivity contribution in [3.63, 3.8) is 0 Å². The van der Waals surface area contributed by atoms with Crippen LogP contribution in [0.25, 0.3) is 0 Å². The van der Waals surface area contributed by atoms with Gasteiger partial charge in [0, 0.05) is 0 Å². The summed E-state index contributed by atoms with van der Waals surface area (Å²) in [6, 6.07) is 0. The molecule has 0 bridgehead atoms. The highest BCUT2D eigenvalue weighted by Gasteiger charge is 1.92. The van der Waals surface area contributed by atoms with Crippen molar-refractivity contribution in [2.75, 3.05) is 6.54 Å². The van der Waals surface area contributed by atoms with Gasteiger partial charge in [0.05, 0.1) is 0 Å². The SMILES string of the molecule is CCN[C@@H](O)CC. The van der Waals surface area contributed by atoms with Crippen LogP contribution < -0.4 is 5.32 Å². The van der Waals surface area contributed by atoms with E-state index in [-0.39, 0.29) is 6.23 Å². The van der Waals surface area contributed by atoms with Gasteiger partial charge in [0.15, 0.2) is 0 Å². The molecule has 0 saturated carbocycles. The van der Waals surface area contributed by atoms with E-state index in [1.54, 1.807) is 0 Å². The third kappa shape index (κ3) is 3.76. The van der Waals surface area contributed by atoms with Crippen LogP contribution in [0.4, 0.5) is 0 Å². The summed E-state index contributed by atoms with van der Waals surface area (Å²) >= 11 is 0. The molecule has 0 aromatic rings. The quantitative estimate of drug-likeness (QED) is 0.504. The zero-order valence-electron chi connectivity index (χ0n) is 4.94. The predicted molar refractivity (Wildman–Crippen MR) is 30.0 cm³/mol. The van der Waals surface area contributed by atoms with Gasteiger partial charge < -0.3 is 5.11 Å². The molecule has 0 aliphatic heterocycles. The van der Waals surface area contributed by atoms with Crippen LogP contribution in [-0.2, 0) is 0 Å². The minimum atomic E-state index is -0.301. The van der Waals surface area contributed by atoms with Crippen LogP contribution in [0.2, 0.25) is 0 Å². The fourth-order valence-electron chi connectivity index (χ4n) is 0.380. The van der Waals surface area contributed by atoms with E-state index in [4.69, 9.17) is 5.11 Å². The Morgan fingerprint density at radius 2 is 2.14 bits per heavy atom. The Labute approximate surface area is 44.5 Å². The van der Waals surface area contributed by atoms with Gasteiger partial charge in [-0.1, -0.05) is 13.8 Å². The molecule has 0 unspecified atom stereocenters. The summed E-state index contributed by atoms with van der Waals surface area (Å²) in [6.45, 7) is 4.75. The molecular weight excluding hydrogens is 90.1 g/mol. The van der Waals surface area contributed by atoms with Crippen LogP contribution in [0.3, 0.4) is 0 Å². The molecule has 0 amide bonds. The van der Waals surface area contributed by atoms with E-state index in [2.05, 4.69) is 5.32 Å². The second-order valence-electron chi connectivity index (χ2n) is 1.48. The average Bonchev–Trinajstić information content (AvgIpc) is 1.68. The van der Waals surface area contributed by atoms with Crippen LogP contribution in [-0.4, -0.2) is 17.9 Å². The molecule has 2 N–H and O–H groups in total. The van der Waals surface area contributed by atoms with E-state index in [1.807, 2.05) is 13.8 Å². The number of hydrogen-bond donors (Lipinski definition) is 2. The summed E-state index contributed by atoms with van der Waals surface area (Å²) in [7, 11) is 0. The molecule has 1 atom stereocenters. The zero-order chi connectivity index (χ0) is 5.70. The fraction of sp³-hybridized carbons (Fsp3) is 1.00. The van der Waals surface area contributed by atoms with Crippen LogP contribution >= 0.6 is 0 Å². The minimum Gasteiger partial charge on any atom is -0.379 e. The molecule has 0 heterocycles. The van der Waals surface area contributed by atoms with Crippen LogP contribution in [0.15, 0.2) is 0 Å². The largest absolute Gasteiger partial charge is 0.379 e. The molecule has 44 valence electrons. The third-order valence-electron chi connectivity index (χ3n) is 0.826. The van der Waals surface area contributed by atoms with Crippen LogP contribution in [0, 0.1) is 0 Å². The van der Waals surface area contributed by atoms with Gasteiger partial charge in [0.25, 0.3) is 0 Å². The summed E-state index contributed by atoms with van der Waals surface area (Å²) in [5.41, 5.74) is 0. The van der Waals surface area contributed by atoms with Gasteiger partial charge in [-0.3, -0.25) is 5.32 Å². The fourth-order valence-corrected chi connectivity index (χ4v) is 0.380. The predicted octanol–water partition coefficient (Wildman–Crippen LogP) is 0.324. The Kier molecular flexibility index (Phi) is 4.04. The highest BCUT2D eigenvalue weighted by atomic mass is 16.3. The minimum absolute atomic E-state index is 0.301. The van der Waals surface area contributed by atoms with Gasteiger partial charge in [-0.05, 0) is 13.0 Å². The lowest BCUT2D eigenvalue weighted by molar-refractivity contribution is 0.135. The maximum absolute atomic E-state index is 8.75. The van der Waals surface area contributed by atoms with Crippen molar-refractivity contribution in [2.45, 2.75) is 26.5 Å². The second kappa shape index (κ2) is 4.09. The first-order valence-electron chi connectivity index (χ1n) is 2.72. The summed E-state index contributed by atoms with van der Waals surface area (Å²) in [5.74, 6) is 0. The van der Waals surface area contributed by atoms with E-state index < -0.39 is 0 Å². The molecule has 2 nitrogen and oxygen atoms in total. The molecule has 0 aromatic carbocycles. The molecule has 0 rings (SSSR count). The number of aliphatic hydroxyl groups excluding tert-OH is 1. The summed E-state index contributed by atoms with van der Waals surface area (Å²) in [5, 5.41) is 11.6. The first-order chi connectivity index (χ1) is 3.31. The molecule has 2 heteroatoms. The van der Waals surface area contributed by atoms with Crippen molar-refractivity contribution in [1.29, 1.82) is 0 Å². The van der Waals surface area contributed by atoms with Crippen molar-refractivity contribution in [3.05, 3.63) is 0 Å². The van der Waals surface area contributed by atoms with Gasteiger partial charge in [-0.2, -0.15) is 0 Å². The maximum Gasteiger partial charge on any atom is 0.104 e. The third-order valence-corrected chi connectivity index (χ3v) is 0.826. The number of rotatable bonds is 3. The maximum atomic E-state index is 8.75. The van der Waals surface area contributed by atoms with E-state index >= 15 is 0 Å². The Hall–Kier alpha value is -0.0800. The summed E-state index contributed by atoms with van der Waals surface area (Å²) < 4.78 is 0. The van der Waals surface area contributed by atoms with E-state index in [9.17, 15) is 0 Å². The smallest absolute Gasteiger partial charge is 0.104 e. The monoisotopic (exact) mass is 103 g/mol. The average molecular weight is 103 g/mol. The van der Waals surface area contributed by atoms with Crippen molar-refractivity contribution in [1.82, 2.24) is 5.32 Å². The normalized spacial score (nSPS) is 14.1. The standard InChI is InChI=1S/C5H13NO/c1-3-5(7)6-4-2/h5-7H,3-4H2,1-2H3/t5-/m0/s1. The van der Waals surface area contributed by atoms with Crippen molar-refractivity contribution >= 4 is 0 Å². The Morgan fingerprint density at radius 3 is 2.29 bits per heavy atom. The number of aliphatic hydroxyl groups is 1. The van der Waals surface area contributed by atoms with Gasteiger partial charge in [-0.25, -0.2) is 0 Å². The Balaban J connectivity index is 2.83. The van der Waals surface area contributed by atoms with Crippen molar-refractivity contribution < 1.29 is 5.11 Å². The number of nitrogens with one attached hydrogen (secondary N) is 1. The summed E-state index contributed by atoms with van der Waals surface area (Å²) in [4.78, 5) is 0. The molecule has 0 fully saturated rings. The molecule has 0 aliphatic carbocycles. The molecule has 0 saturated heterocycles. The van der Waals surface area contributed by atoms with Gasteiger partial charge in [-0.15, -0.1) is 0 Å². The highest BCUT2D eigenvalue weighted by Crippen LogP contribution is 1.80. The molecule has 0 aromatic heterocycles. The molecular formula is C5H13NO. The highest BCUT2D eigenvalue weighted by molar-refractivity contribution is 4.44. The zero-order valence-corrected chi connectivity index (χ0v) is 4.94. The Bertz CT molecular complexity index is 39.1. The first-order valence-corrected chi connectivity index (χ1v) is 2.72. The van der Waals surface area contributed by atoms with Crippen LogP contribution in [0.1, 0.15) is 20.3 Å². The van der Waals surface area contributed by atoms with E-state index in [1.165, 1.54) is 0 Å². The lowest BCUT2D eigenvalue weighted by Crippen LogP contribution is -2.26. The molecule has 0 radical (unpaired) electrons. The topological polar surface area (TPSA) is 32.3 Å². The van der Waals surface area contributed by atoms with E-state index in [0.29, 0.717) is 0 Å². The van der Waals surface area contributed by atoms with Gasteiger partial charge in [0.1, 0.15) is 6.23 Å². The van der Waals surface area contributed by atoms with Crippen molar-refractivity contribution in [3.8, 4) is 0 Å². The lowest BCUT2D eigenvalue weighted by atomic mass is 10.4. The molecule has 0 spiro atoms. The van der Waals surface area contributed by atoms with E-state index in [0.717, 1.165) is 13.0 Å². The van der Waals surface area contributed by atoms with Gasteiger partial charge in [0.2, 0.25) is 0 Å². The molecule has 7 heavy (non-hydrogen) atoms. The van der Waals surface area contributed by atoms with Crippen molar-refractivity contribution in [2.24, 2.45) is 0 Å². The van der Waals surface area contributed by atoms with Crippen LogP contribution in [0.5, 0.6) is 0 Å².